The van der Waals surface area contributed by atoms with Crippen molar-refractivity contribution in [1.82, 2.24) is 10.2 Å². The predicted octanol–water partition coefficient (Wildman–Crippen LogP) is 2.20. The van der Waals surface area contributed by atoms with Gasteiger partial charge < -0.3 is 15.0 Å². The average molecular weight is 397 g/mol. The summed E-state index contributed by atoms with van der Waals surface area (Å²) in [7, 11) is 0. The fourth-order valence-corrected chi connectivity index (χ4v) is 4.10. The number of hydrogen-bond acceptors (Lipinski definition) is 5. The van der Waals surface area contributed by atoms with Gasteiger partial charge in [-0.05, 0) is 49.2 Å². The van der Waals surface area contributed by atoms with Crippen molar-refractivity contribution in [1.29, 1.82) is 0 Å². The molecular weight excluding hydrogens is 373 g/mol. The second-order valence-electron chi connectivity index (χ2n) is 7.52. The first-order chi connectivity index (χ1) is 14.1. The van der Waals surface area contributed by atoms with Gasteiger partial charge in [-0.15, -0.1) is 0 Å². The molecule has 2 aromatic carbocycles. The summed E-state index contributed by atoms with van der Waals surface area (Å²) in [5.41, 5.74) is 0.481. The molecule has 2 fully saturated rings. The molecule has 152 valence electrons. The van der Waals surface area contributed by atoms with Crippen LogP contribution >= 0.6 is 0 Å². The molecule has 29 heavy (non-hydrogen) atoms. The van der Waals surface area contributed by atoms with Gasteiger partial charge in [0, 0.05) is 18.8 Å². The Kier molecular flexibility index (Phi) is 5.49. The maximum Gasteiger partial charge on any atom is 0.247 e. The molecule has 1 spiro atoms. The molecule has 2 aliphatic rings. The number of halogens is 1. The van der Waals surface area contributed by atoms with Crippen LogP contribution in [0.5, 0.6) is 5.75 Å². The Morgan fingerprint density at radius 2 is 1.76 bits per heavy atom. The lowest BCUT2D eigenvalue weighted by Crippen LogP contribution is -2.57. The predicted molar refractivity (Wildman–Crippen MR) is 107 cm³/mol. The lowest BCUT2D eigenvalue weighted by Gasteiger charge is -2.43. The minimum absolute atomic E-state index is 0.0407. The number of piperidine rings is 1. The smallest absolute Gasteiger partial charge is 0.247 e. The number of carbonyl (C=O) groups is 2. The first-order valence-corrected chi connectivity index (χ1v) is 9.80. The molecule has 1 N–H and O–H groups in total. The van der Waals surface area contributed by atoms with Crippen LogP contribution in [0.15, 0.2) is 54.6 Å². The standard InChI is InChI=1S/C22H24FN3O3/c23-17-6-8-20(9-7-17)29-15-19(27)14-25-12-10-22(11-13-25)21(28)24-16-26(22)18-4-2-1-3-5-18/h1-9H,10-16H2,(H,24,28). The van der Waals surface area contributed by atoms with Crippen LogP contribution in [0.25, 0.3) is 0 Å². The summed E-state index contributed by atoms with van der Waals surface area (Å²) in [6.45, 7) is 2.07. The minimum atomic E-state index is -0.550. The maximum absolute atomic E-state index is 12.9. The summed E-state index contributed by atoms with van der Waals surface area (Å²) in [5.74, 6) is 0.151. The normalized spacial score (nSPS) is 18.7. The molecule has 2 aliphatic heterocycles. The molecule has 0 aliphatic carbocycles. The van der Waals surface area contributed by atoms with E-state index in [0.717, 1.165) is 5.69 Å². The number of benzene rings is 2. The lowest BCUT2D eigenvalue weighted by molar-refractivity contribution is -0.125. The highest BCUT2D eigenvalue weighted by molar-refractivity contribution is 5.93. The first-order valence-electron chi connectivity index (χ1n) is 9.80. The zero-order chi connectivity index (χ0) is 20.3. The van der Waals surface area contributed by atoms with Gasteiger partial charge in [0.1, 0.15) is 23.7 Å². The Labute approximate surface area is 169 Å². The number of amides is 1. The zero-order valence-corrected chi connectivity index (χ0v) is 16.1. The number of nitrogens with one attached hydrogen (secondary N) is 1. The van der Waals surface area contributed by atoms with Crippen LogP contribution in [-0.4, -0.2) is 55.0 Å². The lowest BCUT2D eigenvalue weighted by atomic mass is 9.85. The van der Waals surface area contributed by atoms with Crippen LogP contribution in [0.4, 0.5) is 10.1 Å². The van der Waals surface area contributed by atoms with Crippen LogP contribution in [0, 0.1) is 5.82 Å². The molecule has 0 aromatic heterocycles. The Hall–Kier alpha value is -2.93. The maximum atomic E-state index is 12.9. The third-order valence-corrected chi connectivity index (χ3v) is 5.70. The second kappa shape index (κ2) is 8.21. The van der Waals surface area contributed by atoms with Gasteiger partial charge in [0.25, 0.3) is 0 Å². The summed E-state index contributed by atoms with van der Waals surface area (Å²) in [6, 6.07) is 15.6. The number of ether oxygens (including phenoxy) is 1. The van der Waals surface area contributed by atoms with Crippen molar-refractivity contribution < 1.29 is 18.7 Å². The number of rotatable bonds is 6. The molecule has 0 saturated carbocycles. The highest BCUT2D eigenvalue weighted by Gasteiger charge is 2.50. The third kappa shape index (κ3) is 4.10. The van der Waals surface area contributed by atoms with E-state index in [1.807, 2.05) is 30.3 Å². The van der Waals surface area contributed by atoms with Crippen LogP contribution in [0.1, 0.15) is 12.8 Å². The fourth-order valence-electron chi connectivity index (χ4n) is 4.10. The number of carbonyl (C=O) groups excluding carboxylic acids is 2. The van der Waals surface area contributed by atoms with E-state index in [-0.39, 0.29) is 30.7 Å². The van der Waals surface area contributed by atoms with Crippen molar-refractivity contribution in [2.45, 2.75) is 18.4 Å². The molecule has 0 bridgehead atoms. The highest BCUT2D eigenvalue weighted by Crippen LogP contribution is 2.36. The van der Waals surface area contributed by atoms with Gasteiger partial charge in [-0.3, -0.25) is 14.5 Å². The average Bonchev–Trinajstić information content (AvgIpc) is 3.06. The molecular formula is C22H24FN3O3. The van der Waals surface area contributed by atoms with Crippen molar-refractivity contribution in [3.63, 3.8) is 0 Å². The van der Waals surface area contributed by atoms with Gasteiger partial charge in [0.15, 0.2) is 5.78 Å². The van der Waals surface area contributed by atoms with Crippen LogP contribution < -0.4 is 15.0 Å². The van der Waals surface area contributed by atoms with Crippen molar-refractivity contribution in [2.24, 2.45) is 0 Å². The Morgan fingerprint density at radius 3 is 2.45 bits per heavy atom. The van der Waals surface area contributed by atoms with E-state index < -0.39 is 5.54 Å². The molecule has 4 rings (SSSR count). The summed E-state index contributed by atoms with van der Waals surface area (Å²) in [5, 5.41) is 2.98. The van der Waals surface area contributed by atoms with Crippen LogP contribution in [0.3, 0.4) is 0 Å². The van der Waals surface area contributed by atoms with Crippen molar-refractivity contribution in [3.8, 4) is 5.75 Å². The summed E-state index contributed by atoms with van der Waals surface area (Å²) in [4.78, 5) is 29.2. The molecule has 2 saturated heterocycles. The Bertz CT molecular complexity index is 865. The number of ketones is 1. The largest absolute Gasteiger partial charge is 0.486 e. The quantitative estimate of drug-likeness (QED) is 0.810. The number of nitrogens with zero attached hydrogens (tertiary/aromatic N) is 2. The van der Waals surface area contributed by atoms with Crippen LogP contribution in [0.2, 0.25) is 0 Å². The highest BCUT2D eigenvalue weighted by atomic mass is 19.1. The van der Waals surface area contributed by atoms with E-state index in [1.54, 1.807) is 0 Å². The number of Topliss-reactive ketones (excluding diaryl/α,β-unsaturated/α-hetero) is 1. The van der Waals surface area contributed by atoms with E-state index in [1.165, 1.54) is 24.3 Å². The van der Waals surface area contributed by atoms with Gasteiger partial charge in [0.2, 0.25) is 5.91 Å². The van der Waals surface area contributed by atoms with Gasteiger partial charge in [-0.25, -0.2) is 4.39 Å². The van der Waals surface area contributed by atoms with E-state index in [9.17, 15) is 14.0 Å². The third-order valence-electron chi connectivity index (χ3n) is 5.70. The SMILES string of the molecule is O=C(COc1ccc(F)cc1)CN1CCC2(CC1)C(=O)NCN2c1ccccc1. The Morgan fingerprint density at radius 1 is 1.07 bits per heavy atom. The number of para-hydroxylation sites is 1. The van der Waals surface area contributed by atoms with Gasteiger partial charge in [-0.2, -0.15) is 0 Å². The minimum Gasteiger partial charge on any atom is -0.486 e. The monoisotopic (exact) mass is 397 g/mol. The molecule has 6 nitrogen and oxygen atoms in total. The number of anilines is 1. The topological polar surface area (TPSA) is 61.9 Å². The van der Waals surface area contributed by atoms with Crippen LogP contribution in [-0.2, 0) is 9.59 Å². The van der Waals surface area contributed by atoms with Crippen molar-refractivity contribution in [3.05, 3.63) is 60.4 Å². The fraction of sp³-hybridized carbons (Fsp3) is 0.364. The van der Waals surface area contributed by atoms with E-state index in [2.05, 4.69) is 15.1 Å². The second-order valence-corrected chi connectivity index (χ2v) is 7.52. The number of likely N-dealkylation sites (tertiary alicyclic amines) is 1. The van der Waals surface area contributed by atoms with Crippen molar-refractivity contribution >= 4 is 17.4 Å². The molecule has 0 unspecified atom stereocenters. The van der Waals surface area contributed by atoms with E-state index in [0.29, 0.717) is 38.3 Å². The first kappa shape index (κ1) is 19.4. The van der Waals surface area contributed by atoms with Crippen molar-refractivity contribution in [2.75, 3.05) is 37.8 Å². The Balaban J connectivity index is 1.32. The zero-order valence-electron chi connectivity index (χ0n) is 16.1. The molecule has 0 radical (unpaired) electrons. The van der Waals surface area contributed by atoms with Gasteiger partial charge in [0.05, 0.1) is 13.2 Å². The van der Waals surface area contributed by atoms with Gasteiger partial charge in [-0.1, -0.05) is 18.2 Å². The van der Waals surface area contributed by atoms with E-state index in [4.69, 9.17) is 4.74 Å². The van der Waals surface area contributed by atoms with E-state index >= 15 is 0 Å². The molecule has 1 amide bonds. The molecule has 7 heteroatoms. The summed E-state index contributed by atoms with van der Waals surface area (Å²) in [6.07, 6.45) is 1.33. The van der Waals surface area contributed by atoms with Gasteiger partial charge >= 0.3 is 0 Å². The molecule has 2 heterocycles. The summed E-state index contributed by atoms with van der Waals surface area (Å²) >= 11 is 0. The number of hydrogen-bond donors (Lipinski definition) is 1. The molecule has 0 atom stereocenters. The summed E-state index contributed by atoms with van der Waals surface area (Å²) < 4.78 is 18.4. The molecule has 2 aromatic rings.